The molecule has 0 amide bonds. The minimum Gasteiger partial charge on any atom is -0.373 e. The van der Waals surface area contributed by atoms with E-state index in [1.54, 1.807) is 0 Å². The Balaban J connectivity index is 1.88. The van der Waals surface area contributed by atoms with E-state index in [2.05, 4.69) is 19.2 Å². The molecule has 0 aromatic rings. The SMILES string of the molecule is CCNC1CCCCCCC1OC1CCCC(C)C1. The molecule has 19 heavy (non-hydrogen) atoms. The maximum Gasteiger partial charge on any atom is 0.0731 e. The molecule has 0 saturated heterocycles. The molecule has 2 fully saturated rings. The predicted molar refractivity (Wildman–Crippen MR) is 81.5 cm³/mol. The second kappa shape index (κ2) is 8.26. The highest BCUT2D eigenvalue weighted by Gasteiger charge is 2.28. The molecular formula is C17H33NO. The minimum atomic E-state index is 0.468. The van der Waals surface area contributed by atoms with Crippen molar-refractivity contribution in [1.29, 1.82) is 0 Å². The molecule has 4 atom stereocenters. The van der Waals surface area contributed by atoms with E-state index in [1.165, 1.54) is 64.2 Å². The van der Waals surface area contributed by atoms with Crippen molar-refractivity contribution in [2.45, 2.75) is 96.3 Å². The standard InChI is InChI=1S/C17H33NO/c1-3-18-16-11-6-4-5-7-12-17(16)19-15-10-8-9-14(2)13-15/h14-18H,3-13H2,1-2H3. The van der Waals surface area contributed by atoms with Crippen LogP contribution in [0, 0.1) is 5.92 Å². The zero-order valence-corrected chi connectivity index (χ0v) is 13.0. The second-order valence-electron chi connectivity index (χ2n) is 6.72. The molecule has 0 radical (unpaired) electrons. The van der Waals surface area contributed by atoms with E-state index < -0.39 is 0 Å². The van der Waals surface area contributed by atoms with Crippen LogP contribution in [0.25, 0.3) is 0 Å². The van der Waals surface area contributed by atoms with Gasteiger partial charge in [-0.1, -0.05) is 52.4 Å². The van der Waals surface area contributed by atoms with Gasteiger partial charge >= 0.3 is 0 Å². The van der Waals surface area contributed by atoms with Crippen molar-refractivity contribution in [3.63, 3.8) is 0 Å². The van der Waals surface area contributed by atoms with Crippen LogP contribution in [0.4, 0.5) is 0 Å². The smallest absolute Gasteiger partial charge is 0.0731 e. The van der Waals surface area contributed by atoms with E-state index in [1.807, 2.05) is 0 Å². The summed E-state index contributed by atoms with van der Waals surface area (Å²) in [5, 5.41) is 3.68. The summed E-state index contributed by atoms with van der Waals surface area (Å²) in [6.07, 6.45) is 14.5. The summed E-state index contributed by atoms with van der Waals surface area (Å²) in [6.45, 7) is 5.68. The van der Waals surface area contributed by atoms with Crippen molar-refractivity contribution < 1.29 is 4.74 Å². The summed E-state index contributed by atoms with van der Waals surface area (Å²) < 4.78 is 6.54. The molecule has 0 aromatic heterocycles. The first-order chi connectivity index (χ1) is 9.29. The van der Waals surface area contributed by atoms with Gasteiger partial charge in [-0.05, 0) is 38.1 Å². The lowest BCUT2D eigenvalue weighted by Crippen LogP contribution is -2.44. The minimum absolute atomic E-state index is 0.468. The quantitative estimate of drug-likeness (QED) is 0.820. The zero-order chi connectivity index (χ0) is 13.5. The molecule has 0 heterocycles. The fourth-order valence-electron chi connectivity index (χ4n) is 3.86. The molecule has 0 spiro atoms. The molecule has 2 aliphatic carbocycles. The number of hydrogen-bond donors (Lipinski definition) is 1. The second-order valence-corrected chi connectivity index (χ2v) is 6.72. The highest BCUT2D eigenvalue weighted by atomic mass is 16.5. The number of nitrogens with one attached hydrogen (secondary N) is 1. The van der Waals surface area contributed by atoms with Gasteiger partial charge in [0.25, 0.3) is 0 Å². The van der Waals surface area contributed by atoms with Gasteiger partial charge in [0.2, 0.25) is 0 Å². The first kappa shape index (κ1) is 15.3. The van der Waals surface area contributed by atoms with E-state index in [0.29, 0.717) is 18.2 Å². The average molecular weight is 267 g/mol. The molecule has 2 heteroatoms. The van der Waals surface area contributed by atoms with Gasteiger partial charge in [0, 0.05) is 6.04 Å². The molecule has 0 bridgehead atoms. The third kappa shape index (κ3) is 5.07. The average Bonchev–Trinajstić information content (AvgIpc) is 2.37. The molecule has 2 rings (SSSR count). The van der Waals surface area contributed by atoms with Gasteiger partial charge < -0.3 is 10.1 Å². The first-order valence-electron chi connectivity index (χ1n) is 8.68. The van der Waals surface area contributed by atoms with Gasteiger partial charge in [-0.2, -0.15) is 0 Å². The lowest BCUT2D eigenvalue weighted by Gasteiger charge is -2.35. The summed E-state index contributed by atoms with van der Waals surface area (Å²) in [4.78, 5) is 0. The van der Waals surface area contributed by atoms with Crippen LogP contribution in [0.3, 0.4) is 0 Å². The topological polar surface area (TPSA) is 21.3 Å². The van der Waals surface area contributed by atoms with Crippen LogP contribution < -0.4 is 5.32 Å². The summed E-state index contributed by atoms with van der Waals surface area (Å²) >= 11 is 0. The molecule has 2 aliphatic rings. The molecule has 0 aromatic carbocycles. The maximum atomic E-state index is 6.54. The zero-order valence-electron chi connectivity index (χ0n) is 13.0. The predicted octanol–water partition coefficient (Wildman–Crippen LogP) is 4.28. The van der Waals surface area contributed by atoms with Gasteiger partial charge in [-0.3, -0.25) is 0 Å². The third-order valence-electron chi connectivity index (χ3n) is 4.92. The van der Waals surface area contributed by atoms with Crippen LogP contribution >= 0.6 is 0 Å². The summed E-state index contributed by atoms with van der Waals surface area (Å²) in [5.74, 6) is 0.866. The Hall–Kier alpha value is -0.0800. The van der Waals surface area contributed by atoms with E-state index in [9.17, 15) is 0 Å². The Bertz CT molecular complexity index is 243. The Morgan fingerprint density at radius 1 is 0.947 bits per heavy atom. The molecule has 2 nitrogen and oxygen atoms in total. The lowest BCUT2D eigenvalue weighted by atomic mass is 9.88. The summed E-state index contributed by atoms with van der Waals surface area (Å²) in [7, 11) is 0. The van der Waals surface area contributed by atoms with Crippen molar-refractivity contribution in [3.8, 4) is 0 Å². The van der Waals surface area contributed by atoms with Crippen molar-refractivity contribution in [1.82, 2.24) is 5.32 Å². The molecule has 0 aliphatic heterocycles. The van der Waals surface area contributed by atoms with E-state index in [0.717, 1.165) is 12.5 Å². The molecule has 4 unspecified atom stereocenters. The maximum absolute atomic E-state index is 6.54. The van der Waals surface area contributed by atoms with Crippen molar-refractivity contribution in [2.24, 2.45) is 5.92 Å². The normalized spacial score (nSPS) is 37.6. The molecule has 2 saturated carbocycles. The van der Waals surface area contributed by atoms with E-state index in [-0.39, 0.29) is 0 Å². The van der Waals surface area contributed by atoms with Crippen LogP contribution in [0.5, 0.6) is 0 Å². The fourth-order valence-corrected chi connectivity index (χ4v) is 3.86. The molecule has 112 valence electrons. The Kier molecular flexibility index (Phi) is 6.66. The Morgan fingerprint density at radius 3 is 2.47 bits per heavy atom. The van der Waals surface area contributed by atoms with Crippen LogP contribution in [0.2, 0.25) is 0 Å². The number of hydrogen-bond acceptors (Lipinski definition) is 2. The number of likely N-dealkylation sites (N-methyl/N-ethyl adjacent to an activating group) is 1. The van der Waals surface area contributed by atoms with Crippen LogP contribution in [-0.4, -0.2) is 24.8 Å². The summed E-state index contributed by atoms with van der Waals surface area (Å²) in [5.41, 5.74) is 0. The number of ether oxygens (including phenoxy) is 1. The van der Waals surface area contributed by atoms with Crippen molar-refractivity contribution in [2.75, 3.05) is 6.54 Å². The highest BCUT2D eigenvalue weighted by Crippen LogP contribution is 2.29. The Labute approximate surface area is 119 Å². The van der Waals surface area contributed by atoms with E-state index >= 15 is 0 Å². The fraction of sp³-hybridized carbons (Fsp3) is 1.00. The van der Waals surface area contributed by atoms with Gasteiger partial charge in [-0.15, -0.1) is 0 Å². The van der Waals surface area contributed by atoms with Crippen LogP contribution in [-0.2, 0) is 4.74 Å². The lowest BCUT2D eigenvalue weighted by molar-refractivity contribution is -0.0616. The van der Waals surface area contributed by atoms with E-state index in [4.69, 9.17) is 4.74 Å². The van der Waals surface area contributed by atoms with Crippen LogP contribution in [0.1, 0.15) is 78.1 Å². The monoisotopic (exact) mass is 267 g/mol. The van der Waals surface area contributed by atoms with Gasteiger partial charge in [0.1, 0.15) is 0 Å². The molecular weight excluding hydrogens is 234 g/mol. The van der Waals surface area contributed by atoms with Gasteiger partial charge in [0.15, 0.2) is 0 Å². The van der Waals surface area contributed by atoms with Gasteiger partial charge in [0.05, 0.1) is 12.2 Å². The highest BCUT2D eigenvalue weighted by molar-refractivity contribution is 4.81. The summed E-state index contributed by atoms with van der Waals surface area (Å²) in [6, 6.07) is 0.600. The van der Waals surface area contributed by atoms with Crippen LogP contribution in [0.15, 0.2) is 0 Å². The Morgan fingerprint density at radius 2 is 1.74 bits per heavy atom. The molecule has 1 N–H and O–H groups in total. The third-order valence-corrected chi connectivity index (χ3v) is 4.92. The number of rotatable bonds is 4. The van der Waals surface area contributed by atoms with Crippen molar-refractivity contribution >= 4 is 0 Å². The first-order valence-corrected chi connectivity index (χ1v) is 8.68. The largest absolute Gasteiger partial charge is 0.373 e. The van der Waals surface area contributed by atoms with Crippen molar-refractivity contribution in [3.05, 3.63) is 0 Å². The van der Waals surface area contributed by atoms with Gasteiger partial charge in [-0.25, -0.2) is 0 Å².